The second-order valence-corrected chi connectivity index (χ2v) is 6.98. The van der Waals surface area contributed by atoms with E-state index in [0.29, 0.717) is 6.54 Å². The summed E-state index contributed by atoms with van der Waals surface area (Å²) in [5.41, 5.74) is 1.77. The Morgan fingerprint density at radius 1 is 1.22 bits per heavy atom. The van der Waals surface area contributed by atoms with Gasteiger partial charge in [0.1, 0.15) is 5.75 Å². The lowest BCUT2D eigenvalue weighted by molar-refractivity contribution is 0.235. The van der Waals surface area contributed by atoms with Crippen LogP contribution in [0.2, 0.25) is 0 Å². The van der Waals surface area contributed by atoms with Crippen LogP contribution in [0.15, 0.2) is 48.7 Å². The molecule has 0 radical (unpaired) electrons. The zero-order valence-electron chi connectivity index (χ0n) is 15.4. The quantitative estimate of drug-likeness (QED) is 0.623. The van der Waals surface area contributed by atoms with Gasteiger partial charge in [-0.05, 0) is 48.3 Å². The molecule has 0 aliphatic carbocycles. The van der Waals surface area contributed by atoms with E-state index in [2.05, 4.69) is 20.8 Å². The summed E-state index contributed by atoms with van der Waals surface area (Å²) in [4.78, 5) is 12.4. The molecule has 1 aromatic carbocycles. The van der Waals surface area contributed by atoms with Crippen LogP contribution in [0.25, 0.3) is 5.65 Å². The minimum atomic E-state index is -0.232. The Labute approximate surface area is 162 Å². The monoisotopic (exact) mass is 385 g/mol. The topological polar surface area (TPSA) is 80.5 Å². The molecule has 2 amide bonds. The minimum absolute atomic E-state index is 0.217. The number of ether oxygens (including phenoxy) is 1. The summed E-state index contributed by atoms with van der Waals surface area (Å²) >= 11 is 1.73. The van der Waals surface area contributed by atoms with Crippen LogP contribution in [0, 0.1) is 0 Å². The van der Waals surface area contributed by atoms with Crippen molar-refractivity contribution in [3.05, 3.63) is 60.0 Å². The number of rotatable bonds is 8. The van der Waals surface area contributed by atoms with Crippen LogP contribution in [0.1, 0.15) is 23.9 Å². The van der Waals surface area contributed by atoms with Gasteiger partial charge in [0.15, 0.2) is 11.5 Å². The fourth-order valence-corrected chi connectivity index (χ4v) is 3.21. The molecular weight excluding hydrogens is 362 g/mol. The van der Waals surface area contributed by atoms with Gasteiger partial charge in [-0.1, -0.05) is 18.2 Å². The summed E-state index contributed by atoms with van der Waals surface area (Å²) in [6, 6.07) is 12.9. The third-order valence-electron chi connectivity index (χ3n) is 4.18. The average molecular weight is 385 g/mol. The fourth-order valence-electron chi connectivity index (χ4n) is 2.73. The smallest absolute Gasteiger partial charge is 0.315 e. The summed E-state index contributed by atoms with van der Waals surface area (Å²) in [6.45, 7) is 0.436. The van der Waals surface area contributed by atoms with Gasteiger partial charge in [0.05, 0.1) is 13.2 Å². The van der Waals surface area contributed by atoms with Gasteiger partial charge < -0.3 is 15.4 Å². The number of hydrogen-bond acceptors (Lipinski definition) is 5. The third kappa shape index (κ3) is 4.91. The molecule has 3 rings (SSSR count). The fraction of sp³-hybridized carbons (Fsp3) is 0.316. The maximum absolute atomic E-state index is 12.4. The predicted molar refractivity (Wildman–Crippen MR) is 107 cm³/mol. The van der Waals surface area contributed by atoms with Crippen molar-refractivity contribution in [3.63, 3.8) is 0 Å². The number of urea groups is 1. The molecule has 0 saturated carbocycles. The molecule has 27 heavy (non-hydrogen) atoms. The molecule has 7 nitrogen and oxygen atoms in total. The van der Waals surface area contributed by atoms with Crippen molar-refractivity contribution in [2.24, 2.45) is 0 Å². The molecule has 2 heterocycles. The predicted octanol–water partition coefficient (Wildman–Crippen LogP) is 3.03. The van der Waals surface area contributed by atoms with Gasteiger partial charge >= 0.3 is 6.03 Å². The standard InChI is InChI=1S/C19H23N5O2S/c1-26-15-8-6-14(7-9-15)13-20-19(25)21-16(10-12-27-2)18-23-22-17-5-3-4-11-24(17)18/h3-9,11,16H,10,12-13H2,1-2H3,(H2,20,21,25)/t16-/m1/s1. The maximum atomic E-state index is 12.4. The van der Waals surface area contributed by atoms with Crippen LogP contribution in [0.5, 0.6) is 5.75 Å². The first-order chi connectivity index (χ1) is 13.2. The van der Waals surface area contributed by atoms with Crippen molar-refractivity contribution in [2.75, 3.05) is 19.1 Å². The van der Waals surface area contributed by atoms with Crippen LogP contribution in [0.4, 0.5) is 4.79 Å². The first-order valence-electron chi connectivity index (χ1n) is 8.67. The molecule has 0 spiro atoms. The number of carbonyl (C=O) groups is 1. The molecule has 0 unspecified atom stereocenters. The highest BCUT2D eigenvalue weighted by atomic mass is 32.2. The lowest BCUT2D eigenvalue weighted by Gasteiger charge is -2.17. The van der Waals surface area contributed by atoms with Gasteiger partial charge in [-0.2, -0.15) is 11.8 Å². The Kier molecular flexibility index (Phi) is 6.54. The Hall–Kier alpha value is -2.74. The molecule has 0 aliphatic rings. The molecule has 2 N–H and O–H groups in total. The Morgan fingerprint density at radius 2 is 2.04 bits per heavy atom. The first-order valence-corrected chi connectivity index (χ1v) is 10.1. The SMILES string of the molecule is COc1ccc(CNC(=O)N[C@H](CCSC)c2nnc3ccccn23)cc1. The summed E-state index contributed by atoms with van der Waals surface area (Å²) in [7, 11) is 1.63. The Balaban J connectivity index is 1.65. The Bertz CT molecular complexity index is 881. The molecule has 142 valence electrons. The second-order valence-electron chi connectivity index (χ2n) is 6.00. The lowest BCUT2D eigenvalue weighted by atomic mass is 10.2. The second kappa shape index (κ2) is 9.27. The van der Waals surface area contributed by atoms with Crippen LogP contribution in [-0.2, 0) is 6.54 Å². The summed E-state index contributed by atoms with van der Waals surface area (Å²) < 4.78 is 7.06. The highest BCUT2D eigenvalue weighted by Gasteiger charge is 2.20. The van der Waals surface area contributed by atoms with E-state index in [9.17, 15) is 4.79 Å². The van der Waals surface area contributed by atoms with Crippen molar-refractivity contribution in [1.82, 2.24) is 25.2 Å². The van der Waals surface area contributed by atoms with E-state index in [1.54, 1.807) is 18.9 Å². The maximum Gasteiger partial charge on any atom is 0.315 e. The van der Waals surface area contributed by atoms with Gasteiger partial charge in [0.2, 0.25) is 0 Å². The van der Waals surface area contributed by atoms with Gasteiger partial charge in [-0.25, -0.2) is 4.79 Å². The van der Waals surface area contributed by atoms with Crippen molar-refractivity contribution in [2.45, 2.75) is 19.0 Å². The molecule has 2 aromatic heterocycles. The molecule has 0 bridgehead atoms. The van der Waals surface area contributed by atoms with Crippen LogP contribution in [0.3, 0.4) is 0 Å². The number of hydrogen-bond donors (Lipinski definition) is 2. The van der Waals surface area contributed by atoms with E-state index in [1.807, 2.05) is 59.3 Å². The highest BCUT2D eigenvalue weighted by molar-refractivity contribution is 7.98. The summed E-state index contributed by atoms with van der Waals surface area (Å²) in [5, 5.41) is 14.4. The number of fused-ring (bicyclic) bond motifs is 1. The van der Waals surface area contributed by atoms with E-state index in [4.69, 9.17) is 4.74 Å². The minimum Gasteiger partial charge on any atom is -0.497 e. The molecular formula is C19H23N5O2S. The largest absolute Gasteiger partial charge is 0.497 e. The number of pyridine rings is 1. The van der Waals surface area contributed by atoms with E-state index in [1.165, 1.54) is 0 Å². The third-order valence-corrected chi connectivity index (χ3v) is 4.82. The number of methoxy groups -OCH3 is 1. The van der Waals surface area contributed by atoms with Crippen LogP contribution >= 0.6 is 11.8 Å². The van der Waals surface area contributed by atoms with Gasteiger partial charge in [0.25, 0.3) is 0 Å². The van der Waals surface area contributed by atoms with Crippen molar-refractivity contribution < 1.29 is 9.53 Å². The van der Waals surface area contributed by atoms with Crippen molar-refractivity contribution in [3.8, 4) is 5.75 Å². The molecule has 0 aliphatic heterocycles. The number of aromatic nitrogens is 3. The summed E-state index contributed by atoms with van der Waals surface area (Å²) in [6.07, 6.45) is 4.73. The molecule has 3 aromatic rings. The highest BCUT2D eigenvalue weighted by Crippen LogP contribution is 2.18. The van der Waals surface area contributed by atoms with E-state index >= 15 is 0 Å². The molecule has 1 atom stereocenters. The first kappa shape index (κ1) is 19.0. The summed E-state index contributed by atoms with van der Waals surface area (Å²) in [5.74, 6) is 2.43. The van der Waals surface area contributed by atoms with Crippen molar-refractivity contribution in [1.29, 1.82) is 0 Å². The van der Waals surface area contributed by atoms with Gasteiger partial charge in [-0.3, -0.25) is 4.40 Å². The zero-order valence-corrected chi connectivity index (χ0v) is 16.2. The molecule has 8 heteroatoms. The number of amides is 2. The van der Waals surface area contributed by atoms with E-state index < -0.39 is 0 Å². The van der Waals surface area contributed by atoms with Crippen LogP contribution in [-0.4, -0.2) is 39.7 Å². The molecule has 0 fully saturated rings. The average Bonchev–Trinajstić information content (AvgIpc) is 3.14. The van der Waals surface area contributed by atoms with Gasteiger partial charge in [-0.15, -0.1) is 10.2 Å². The van der Waals surface area contributed by atoms with E-state index in [0.717, 1.165) is 35.0 Å². The van der Waals surface area contributed by atoms with Crippen LogP contribution < -0.4 is 15.4 Å². The number of nitrogens with one attached hydrogen (secondary N) is 2. The van der Waals surface area contributed by atoms with Crippen molar-refractivity contribution >= 4 is 23.4 Å². The number of nitrogens with zero attached hydrogens (tertiary/aromatic N) is 3. The Morgan fingerprint density at radius 3 is 2.78 bits per heavy atom. The number of carbonyl (C=O) groups excluding carboxylic acids is 1. The zero-order chi connectivity index (χ0) is 19.1. The molecule has 0 saturated heterocycles. The van der Waals surface area contributed by atoms with E-state index in [-0.39, 0.29) is 12.1 Å². The van der Waals surface area contributed by atoms with Gasteiger partial charge in [0, 0.05) is 12.7 Å². The number of thioether (sulfide) groups is 1. The lowest BCUT2D eigenvalue weighted by Crippen LogP contribution is -2.38. The number of benzene rings is 1. The normalized spacial score (nSPS) is 11.9.